The van der Waals surface area contributed by atoms with Crippen molar-refractivity contribution in [2.75, 3.05) is 0 Å². The van der Waals surface area contributed by atoms with Gasteiger partial charge in [0, 0.05) is 0 Å². The third kappa shape index (κ3) is 25.9. The van der Waals surface area contributed by atoms with Gasteiger partial charge in [-0.05, 0) is 325 Å². The first-order chi connectivity index (χ1) is 43.6. The Bertz CT molecular complexity index is 2150. The van der Waals surface area contributed by atoms with E-state index in [1.165, 1.54) is 154 Å². The molecule has 97 heavy (non-hydrogen) atoms. The summed E-state index contributed by atoms with van der Waals surface area (Å²) < 4.78 is 0. The fourth-order valence-electron chi connectivity index (χ4n) is 29.2. The quantitative estimate of drug-likeness (QED) is 0.263. The van der Waals surface area contributed by atoms with E-state index >= 15 is 0 Å². The second kappa shape index (κ2) is 33.4. The van der Waals surface area contributed by atoms with Gasteiger partial charge in [0.05, 0.1) is 0 Å². The number of fused-ring (bicyclic) bond motifs is 6. The van der Waals surface area contributed by atoms with E-state index in [1.807, 2.05) is 0 Å². The molecule has 8 unspecified atom stereocenters. The highest BCUT2D eigenvalue weighted by Gasteiger charge is 2.52. The second-order valence-corrected chi connectivity index (χ2v) is 49.2. The van der Waals surface area contributed by atoms with Gasteiger partial charge in [0.25, 0.3) is 0 Å². The summed E-state index contributed by atoms with van der Waals surface area (Å²) in [6.45, 7) is 91.7. The number of hydrogen-bond acceptors (Lipinski definition) is 0. The van der Waals surface area contributed by atoms with Crippen molar-refractivity contribution in [3.63, 3.8) is 0 Å². The van der Waals surface area contributed by atoms with Crippen LogP contribution in [0.5, 0.6) is 0 Å². The lowest BCUT2D eigenvalue weighted by Crippen LogP contribution is -2.38. The van der Waals surface area contributed by atoms with Crippen molar-refractivity contribution in [1.82, 2.24) is 0 Å². The minimum atomic E-state index is 0.547. The molecule has 12 aliphatic carbocycles. The van der Waals surface area contributed by atoms with Crippen molar-refractivity contribution in [3.05, 3.63) is 0 Å². The third-order valence-corrected chi connectivity index (χ3v) is 32.0. The Morgan fingerprint density at radius 2 is 0.701 bits per heavy atom. The van der Waals surface area contributed by atoms with Crippen LogP contribution in [0.4, 0.5) is 0 Å². The molecule has 0 aliphatic heterocycles. The molecule has 12 saturated carbocycles. The van der Waals surface area contributed by atoms with Crippen molar-refractivity contribution >= 4 is 0 Å². The molecular weight excluding hydrogens is 1170 g/mol. The Labute approximate surface area is 616 Å². The first-order valence-electron chi connectivity index (χ1n) is 43.6. The predicted molar refractivity (Wildman–Crippen MR) is 439 cm³/mol. The van der Waals surface area contributed by atoms with Crippen LogP contribution in [-0.4, -0.2) is 0 Å². The van der Waals surface area contributed by atoms with Gasteiger partial charge in [-0.1, -0.05) is 295 Å². The van der Waals surface area contributed by atoms with E-state index in [0.717, 1.165) is 94.7 Å². The Morgan fingerprint density at radius 1 is 0.330 bits per heavy atom. The van der Waals surface area contributed by atoms with Crippen molar-refractivity contribution in [2.24, 2.45) is 170 Å². The molecule has 576 valence electrons. The maximum Gasteiger partial charge on any atom is -0.0288 e. The van der Waals surface area contributed by atoms with Gasteiger partial charge < -0.3 is 0 Å². The van der Waals surface area contributed by atoms with Gasteiger partial charge in [-0.25, -0.2) is 0 Å². The van der Waals surface area contributed by atoms with Crippen LogP contribution >= 0.6 is 0 Å². The first kappa shape index (κ1) is 89.4. The van der Waals surface area contributed by atoms with Gasteiger partial charge in [-0.15, -0.1) is 0 Å². The highest BCUT2D eigenvalue weighted by molar-refractivity contribution is 5.02. The molecule has 0 heteroatoms. The van der Waals surface area contributed by atoms with Crippen LogP contribution in [0.2, 0.25) is 0 Å². The molecule has 12 aliphatic rings. The van der Waals surface area contributed by atoms with Crippen LogP contribution in [-0.2, 0) is 0 Å². The largest absolute Gasteiger partial charge is 0.0651 e. The van der Waals surface area contributed by atoms with Crippen LogP contribution < -0.4 is 0 Å². The lowest BCUT2D eigenvalue weighted by molar-refractivity contribution is 0.0202. The molecule has 12 rings (SSSR count). The molecule has 0 aromatic rings. The minimum absolute atomic E-state index is 0.547. The zero-order valence-electron chi connectivity index (χ0n) is 74.7. The first-order valence-corrected chi connectivity index (χ1v) is 43.6. The molecule has 0 saturated heterocycles. The van der Waals surface area contributed by atoms with Crippen LogP contribution in [0.25, 0.3) is 0 Å². The normalized spacial score (nSPS) is 36.0. The fourth-order valence-corrected chi connectivity index (χ4v) is 29.2. The molecule has 6 bridgehead atoms. The summed E-state index contributed by atoms with van der Waals surface area (Å²) in [4.78, 5) is 0. The van der Waals surface area contributed by atoms with Gasteiger partial charge in [-0.2, -0.15) is 0 Å². The topological polar surface area (TPSA) is 0 Å². The summed E-state index contributed by atoms with van der Waals surface area (Å²) in [6, 6.07) is 0. The van der Waals surface area contributed by atoms with Gasteiger partial charge in [-0.3, -0.25) is 0 Å². The maximum atomic E-state index is 2.46. The Hall–Kier alpha value is 0. The average Bonchev–Trinajstić information content (AvgIpc) is 1.73. The summed E-state index contributed by atoms with van der Waals surface area (Å²) in [5, 5.41) is 0. The van der Waals surface area contributed by atoms with Gasteiger partial charge >= 0.3 is 0 Å². The van der Waals surface area contributed by atoms with Gasteiger partial charge in [0.1, 0.15) is 0 Å². The van der Waals surface area contributed by atoms with Crippen LogP contribution in [0.3, 0.4) is 0 Å². The molecule has 0 radical (unpaired) electrons. The standard InChI is InChI=1S/3C12H24.3C11H22.C10H18.2C9H16/c1-10(2)7-11(3,4)9-12(5,6)8-10;1-9(2)10-11(3,4)7-8-12(10,5)6;1-6-10-7-11(2,3)9-12(4,5)8-10;1-9-6-10(2,3)8-11(4,5)7-9;1-9-10(2,3)7-6-8-11(9,4)5;1-6-9-10(2,3)7-8-11(9,4)5;1-7-8-4-5-9(6-8)10(7,2)3;1-6-7(2)9-4-3-8(6)5-9;1-2-8-5-7-3-4-9(8)6-7/h7-9H2,1-6H3;9-10H,7-8H2,1-6H3;10H,6-9H2,1-5H3;3*9H,6-8H2,1-5H3;7-9H,4-6H2,1-3H3;6-9H,3-5H2,1-2H3;7-9H,2-6H2,1H3/t;;;;;;7-,8?,9?;6-,7?,8?,9?;/m......10./s1. The van der Waals surface area contributed by atoms with Gasteiger partial charge in [0.15, 0.2) is 0 Å². The molecule has 0 aromatic carbocycles. The second-order valence-electron chi connectivity index (χ2n) is 49.2. The number of rotatable bonds is 4. The van der Waals surface area contributed by atoms with Crippen LogP contribution in [0.15, 0.2) is 0 Å². The molecule has 0 heterocycles. The monoisotopic (exact) mass is 1350 g/mol. The molecular formula is C97H188. The molecule has 12 fully saturated rings. The Morgan fingerprint density at radius 3 is 0.938 bits per heavy atom. The van der Waals surface area contributed by atoms with Crippen molar-refractivity contribution in [2.45, 2.75) is 449 Å². The van der Waals surface area contributed by atoms with Crippen molar-refractivity contribution in [3.8, 4) is 0 Å². The molecule has 0 amide bonds. The zero-order valence-corrected chi connectivity index (χ0v) is 74.7. The van der Waals surface area contributed by atoms with Crippen LogP contribution in [0.1, 0.15) is 449 Å². The summed E-state index contributed by atoms with van der Waals surface area (Å²) in [7, 11) is 0. The van der Waals surface area contributed by atoms with E-state index in [9.17, 15) is 0 Å². The van der Waals surface area contributed by atoms with E-state index in [4.69, 9.17) is 0 Å². The molecule has 0 aromatic heterocycles. The Balaban J connectivity index is 0.000000232. The number of hydrogen-bond donors (Lipinski definition) is 0. The SMILES string of the molecule is CC(C)C1C(C)(C)CCC1(C)C.CC1(C)CC(C)(C)CC(C)(C)C1.CC1C(C)(C)CCCC1(C)C.CC1C2CCC(C2)[C@H]1C.CC1CC(C)(C)CC(C)(C)C1.CCC1C(C)(C)CCC1(C)C.CCC1CC(C)(C)CC(C)(C)C1.CCC1CC2CCC1C2.C[C@@H]1C2CCC(C2)C1(C)C. The van der Waals surface area contributed by atoms with Crippen molar-refractivity contribution < 1.29 is 0 Å². The Kier molecular flexibility index (Phi) is 30.8. The molecule has 0 N–H and O–H groups in total. The van der Waals surface area contributed by atoms with E-state index in [-0.39, 0.29) is 0 Å². The van der Waals surface area contributed by atoms with E-state index in [1.54, 1.807) is 32.1 Å². The van der Waals surface area contributed by atoms with Crippen molar-refractivity contribution in [1.29, 1.82) is 0 Å². The lowest BCUT2D eigenvalue weighted by atomic mass is 9.56. The van der Waals surface area contributed by atoms with E-state index < -0.39 is 0 Å². The highest BCUT2D eigenvalue weighted by Crippen LogP contribution is 2.61. The average molecular weight is 1350 g/mol. The van der Waals surface area contributed by atoms with E-state index in [2.05, 4.69) is 263 Å². The summed E-state index contributed by atoms with van der Waals surface area (Å²) in [5.74, 6) is 16.3. The predicted octanol–water partition coefficient (Wildman–Crippen LogP) is 32.8. The molecule has 0 nitrogen and oxygen atoms in total. The zero-order chi connectivity index (χ0) is 74.7. The lowest BCUT2D eigenvalue weighted by Gasteiger charge is -2.49. The maximum absolute atomic E-state index is 2.46. The van der Waals surface area contributed by atoms with Crippen LogP contribution in [0, 0.1) is 170 Å². The summed E-state index contributed by atoms with van der Waals surface area (Å²) in [6.07, 6.45) is 42.2. The fraction of sp³-hybridized carbons (Fsp3) is 1.00. The summed E-state index contributed by atoms with van der Waals surface area (Å²) in [5.41, 5.74) is 8.12. The molecule has 0 spiro atoms. The third-order valence-electron chi connectivity index (χ3n) is 32.0. The summed E-state index contributed by atoms with van der Waals surface area (Å²) >= 11 is 0. The van der Waals surface area contributed by atoms with Gasteiger partial charge in [0.2, 0.25) is 0 Å². The minimum Gasteiger partial charge on any atom is -0.0651 e. The molecule has 10 atom stereocenters. The van der Waals surface area contributed by atoms with E-state index in [0.29, 0.717) is 75.8 Å². The highest BCUT2D eigenvalue weighted by atomic mass is 14.6. The smallest absolute Gasteiger partial charge is 0.0288 e.